The predicted octanol–water partition coefficient (Wildman–Crippen LogP) is 2.23. The first-order chi connectivity index (χ1) is 10.2. The molecular formula is C15H12N2O4. The van der Waals surface area contributed by atoms with Crippen LogP contribution in [0.4, 0.5) is 0 Å². The number of carbonyl (C=O) groups is 1. The minimum Gasteiger partial charge on any atom is -0.506 e. The standard InChI is InChI=1S/C15H12N2O4/c18-12-8-10-4-1-2-6-13(10)21-15(12)17(20)14(19)11-5-3-7-16-9-11/h1-9,15,18,20H. The van der Waals surface area contributed by atoms with Gasteiger partial charge in [0.2, 0.25) is 0 Å². The van der Waals surface area contributed by atoms with E-state index < -0.39 is 12.1 Å². The average Bonchev–Trinajstić information content (AvgIpc) is 2.53. The van der Waals surface area contributed by atoms with Crippen LogP contribution in [0, 0.1) is 0 Å². The molecule has 0 saturated carbocycles. The summed E-state index contributed by atoms with van der Waals surface area (Å²) in [6, 6.07) is 10.1. The Labute approximate surface area is 120 Å². The smallest absolute Gasteiger partial charge is 0.282 e. The number of aliphatic hydroxyl groups is 1. The Morgan fingerprint density at radius 1 is 1.24 bits per heavy atom. The molecule has 1 atom stereocenters. The Morgan fingerprint density at radius 3 is 2.81 bits per heavy atom. The fraction of sp³-hybridized carbons (Fsp3) is 0.0667. The molecule has 1 aliphatic heterocycles. The van der Waals surface area contributed by atoms with Crippen molar-refractivity contribution in [3.05, 3.63) is 65.7 Å². The van der Waals surface area contributed by atoms with Crippen molar-refractivity contribution in [2.75, 3.05) is 0 Å². The van der Waals surface area contributed by atoms with Crippen LogP contribution in [0.3, 0.4) is 0 Å². The Hall–Kier alpha value is -2.86. The maximum atomic E-state index is 12.1. The number of nitrogens with zero attached hydrogens (tertiary/aromatic N) is 2. The summed E-state index contributed by atoms with van der Waals surface area (Å²) in [5.41, 5.74) is 0.865. The zero-order valence-corrected chi connectivity index (χ0v) is 10.9. The van der Waals surface area contributed by atoms with Crippen LogP contribution >= 0.6 is 0 Å². The summed E-state index contributed by atoms with van der Waals surface area (Å²) in [6.07, 6.45) is 3.00. The second-order valence-electron chi connectivity index (χ2n) is 4.47. The summed E-state index contributed by atoms with van der Waals surface area (Å²) in [7, 11) is 0. The van der Waals surface area contributed by atoms with Crippen molar-refractivity contribution in [3.8, 4) is 5.75 Å². The number of hydrogen-bond donors (Lipinski definition) is 2. The monoisotopic (exact) mass is 284 g/mol. The Balaban J connectivity index is 1.87. The fourth-order valence-electron chi connectivity index (χ4n) is 2.02. The van der Waals surface area contributed by atoms with E-state index in [9.17, 15) is 15.1 Å². The van der Waals surface area contributed by atoms with E-state index in [0.29, 0.717) is 16.4 Å². The quantitative estimate of drug-likeness (QED) is 0.652. The minimum absolute atomic E-state index is 0.190. The lowest BCUT2D eigenvalue weighted by molar-refractivity contribution is -0.143. The number of hydrogen-bond acceptors (Lipinski definition) is 5. The number of para-hydroxylation sites is 1. The van der Waals surface area contributed by atoms with Crippen molar-refractivity contribution in [2.24, 2.45) is 0 Å². The van der Waals surface area contributed by atoms with E-state index in [1.165, 1.54) is 24.5 Å². The molecule has 2 aromatic rings. The second kappa shape index (κ2) is 5.26. The zero-order chi connectivity index (χ0) is 14.8. The first kappa shape index (κ1) is 13.1. The number of amides is 1. The number of aliphatic hydroxyl groups excluding tert-OH is 1. The summed E-state index contributed by atoms with van der Waals surface area (Å²) < 4.78 is 5.46. The molecule has 1 unspecified atom stereocenters. The summed E-state index contributed by atoms with van der Waals surface area (Å²) >= 11 is 0. The van der Waals surface area contributed by atoms with Crippen molar-refractivity contribution in [3.63, 3.8) is 0 Å². The number of benzene rings is 1. The summed E-state index contributed by atoms with van der Waals surface area (Å²) in [6.45, 7) is 0. The lowest BCUT2D eigenvalue weighted by Crippen LogP contribution is -2.43. The number of aromatic nitrogens is 1. The maximum Gasteiger partial charge on any atom is 0.282 e. The van der Waals surface area contributed by atoms with Crippen LogP contribution in [0.15, 0.2) is 54.6 Å². The van der Waals surface area contributed by atoms with Gasteiger partial charge >= 0.3 is 0 Å². The molecule has 1 aliphatic rings. The average molecular weight is 284 g/mol. The van der Waals surface area contributed by atoms with Gasteiger partial charge in [-0.25, -0.2) is 0 Å². The van der Waals surface area contributed by atoms with Crippen LogP contribution in [0.2, 0.25) is 0 Å². The molecule has 1 aromatic carbocycles. The maximum absolute atomic E-state index is 12.1. The minimum atomic E-state index is -1.28. The molecule has 1 amide bonds. The van der Waals surface area contributed by atoms with Gasteiger partial charge in [-0.2, -0.15) is 5.06 Å². The van der Waals surface area contributed by atoms with Crippen molar-refractivity contribution in [2.45, 2.75) is 6.23 Å². The first-order valence-electron chi connectivity index (χ1n) is 6.25. The largest absolute Gasteiger partial charge is 0.506 e. The van der Waals surface area contributed by atoms with Gasteiger partial charge in [-0.05, 0) is 24.3 Å². The lowest BCUT2D eigenvalue weighted by Gasteiger charge is -2.29. The predicted molar refractivity (Wildman–Crippen MR) is 73.7 cm³/mol. The highest BCUT2D eigenvalue weighted by Gasteiger charge is 2.31. The lowest BCUT2D eigenvalue weighted by atomic mass is 10.1. The van der Waals surface area contributed by atoms with Crippen LogP contribution in [-0.4, -0.2) is 32.5 Å². The first-order valence-corrected chi connectivity index (χ1v) is 6.25. The van der Waals surface area contributed by atoms with Gasteiger partial charge in [-0.3, -0.25) is 15.0 Å². The Kier molecular flexibility index (Phi) is 3.29. The molecule has 1 aromatic heterocycles. The third-order valence-electron chi connectivity index (χ3n) is 3.05. The van der Waals surface area contributed by atoms with Gasteiger partial charge in [0.05, 0.1) is 5.56 Å². The molecular weight excluding hydrogens is 272 g/mol. The van der Waals surface area contributed by atoms with Gasteiger partial charge in [0.1, 0.15) is 5.75 Å². The van der Waals surface area contributed by atoms with E-state index in [2.05, 4.69) is 4.98 Å². The summed E-state index contributed by atoms with van der Waals surface area (Å²) in [5, 5.41) is 20.3. The van der Waals surface area contributed by atoms with Crippen LogP contribution in [-0.2, 0) is 0 Å². The third kappa shape index (κ3) is 2.44. The summed E-state index contributed by atoms with van der Waals surface area (Å²) in [4.78, 5) is 15.9. The van der Waals surface area contributed by atoms with Gasteiger partial charge in [-0.1, -0.05) is 18.2 Å². The van der Waals surface area contributed by atoms with Gasteiger partial charge in [0.25, 0.3) is 12.1 Å². The van der Waals surface area contributed by atoms with E-state index >= 15 is 0 Å². The van der Waals surface area contributed by atoms with Crippen LogP contribution in [0.5, 0.6) is 5.75 Å². The van der Waals surface area contributed by atoms with Crippen molar-refractivity contribution in [1.29, 1.82) is 0 Å². The number of rotatable bonds is 2. The van der Waals surface area contributed by atoms with E-state index in [1.54, 1.807) is 30.3 Å². The summed E-state index contributed by atoms with van der Waals surface area (Å²) in [5.74, 6) is -0.501. The number of pyridine rings is 1. The molecule has 21 heavy (non-hydrogen) atoms. The van der Waals surface area contributed by atoms with Crippen LogP contribution < -0.4 is 4.74 Å². The molecule has 0 fully saturated rings. The normalized spacial score (nSPS) is 16.4. The molecule has 2 N–H and O–H groups in total. The molecule has 2 heterocycles. The molecule has 0 spiro atoms. The van der Waals surface area contributed by atoms with E-state index in [4.69, 9.17) is 4.74 Å². The third-order valence-corrected chi connectivity index (χ3v) is 3.05. The second-order valence-corrected chi connectivity index (χ2v) is 4.47. The highest BCUT2D eigenvalue weighted by atomic mass is 16.6. The van der Waals surface area contributed by atoms with Gasteiger partial charge < -0.3 is 9.84 Å². The number of ether oxygens (including phenoxy) is 1. The fourth-order valence-corrected chi connectivity index (χ4v) is 2.02. The molecule has 0 saturated heterocycles. The van der Waals surface area contributed by atoms with Crippen molar-refractivity contribution >= 4 is 12.0 Å². The number of hydroxylamine groups is 2. The van der Waals surface area contributed by atoms with E-state index in [1.807, 2.05) is 0 Å². The number of carbonyl (C=O) groups excluding carboxylic acids is 1. The Morgan fingerprint density at radius 2 is 2.05 bits per heavy atom. The molecule has 106 valence electrons. The number of fused-ring (bicyclic) bond motifs is 1. The van der Waals surface area contributed by atoms with E-state index in [-0.39, 0.29) is 11.3 Å². The molecule has 6 nitrogen and oxygen atoms in total. The zero-order valence-electron chi connectivity index (χ0n) is 10.9. The molecule has 3 rings (SSSR count). The van der Waals surface area contributed by atoms with Gasteiger partial charge in [0, 0.05) is 18.0 Å². The molecule has 0 bridgehead atoms. The SMILES string of the molecule is O=C(c1cccnc1)N(O)C1Oc2ccccc2C=C1O. The Bertz CT molecular complexity index is 700. The van der Waals surface area contributed by atoms with Gasteiger partial charge in [0.15, 0.2) is 5.76 Å². The van der Waals surface area contributed by atoms with Gasteiger partial charge in [-0.15, -0.1) is 0 Å². The van der Waals surface area contributed by atoms with E-state index in [0.717, 1.165) is 0 Å². The van der Waals surface area contributed by atoms with Crippen LogP contribution in [0.25, 0.3) is 6.08 Å². The highest BCUT2D eigenvalue weighted by molar-refractivity contribution is 5.93. The molecule has 0 radical (unpaired) electrons. The van der Waals surface area contributed by atoms with Crippen molar-refractivity contribution in [1.82, 2.24) is 10.0 Å². The van der Waals surface area contributed by atoms with Crippen molar-refractivity contribution < 1.29 is 19.8 Å². The molecule has 0 aliphatic carbocycles. The molecule has 6 heteroatoms. The topological polar surface area (TPSA) is 82.9 Å². The highest BCUT2D eigenvalue weighted by Crippen LogP contribution is 2.29. The van der Waals surface area contributed by atoms with Crippen LogP contribution in [0.1, 0.15) is 15.9 Å².